The van der Waals surface area contributed by atoms with Gasteiger partial charge in [-0.3, -0.25) is 15.0 Å². The molecule has 0 atom stereocenters. The van der Waals surface area contributed by atoms with Crippen LogP contribution in [0.25, 0.3) is 11.3 Å². The molecule has 8 heteroatoms. The highest BCUT2D eigenvalue weighted by atomic mass is 35.5. The number of benzene rings is 2. The van der Waals surface area contributed by atoms with E-state index in [1.54, 1.807) is 56.7 Å². The van der Waals surface area contributed by atoms with E-state index in [2.05, 4.69) is 20.4 Å². The summed E-state index contributed by atoms with van der Waals surface area (Å²) in [4.78, 5) is 12.1. The third-order valence-corrected chi connectivity index (χ3v) is 3.85. The lowest BCUT2D eigenvalue weighted by atomic mass is 10.1. The van der Waals surface area contributed by atoms with E-state index in [1.165, 1.54) is 0 Å². The highest BCUT2D eigenvalue weighted by molar-refractivity contribution is 6.32. The van der Waals surface area contributed by atoms with Gasteiger partial charge in [-0.15, -0.1) is 10.2 Å². The third kappa shape index (κ3) is 3.41. The first-order valence-electron chi connectivity index (χ1n) is 7.33. The van der Waals surface area contributed by atoms with Crippen molar-refractivity contribution in [2.24, 2.45) is 10.2 Å². The number of H-pyrrole nitrogens is 2. The summed E-state index contributed by atoms with van der Waals surface area (Å²) in [6.07, 6.45) is 0. The predicted octanol–water partition coefficient (Wildman–Crippen LogP) is 4.46. The zero-order chi connectivity index (χ0) is 17.8. The van der Waals surface area contributed by atoms with Crippen molar-refractivity contribution in [2.75, 3.05) is 14.2 Å². The standard InChI is InChI=1S/C17H15ClN4O3/c1-24-13-8-7-10(9-14(13)25-2)15-16(17(23)22-20-15)21-19-12-6-4-3-5-11(12)18/h3-9H,1-2H3,(H2,20,22,23). The lowest BCUT2D eigenvalue weighted by Crippen LogP contribution is -1.96. The van der Waals surface area contributed by atoms with Crippen LogP contribution in [0.1, 0.15) is 0 Å². The minimum Gasteiger partial charge on any atom is -0.493 e. The molecule has 0 aliphatic heterocycles. The first kappa shape index (κ1) is 16.8. The van der Waals surface area contributed by atoms with Gasteiger partial charge in [0.05, 0.1) is 24.9 Å². The van der Waals surface area contributed by atoms with Gasteiger partial charge in [-0.25, -0.2) is 0 Å². The van der Waals surface area contributed by atoms with Crippen molar-refractivity contribution in [3.8, 4) is 22.8 Å². The molecular formula is C17H15ClN4O3. The van der Waals surface area contributed by atoms with Crippen molar-refractivity contribution in [3.05, 3.63) is 57.8 Å². The molecule has 1 aromatic heterocycles. The van der Waals surface area contributed by atoms with Crippen LogP contribution in [0.5, 0.6) is 11.5 Å². The number of ether oxygens (including phenoxy) is 2. The molecular weight excluding hydrogens is 344 g/mol. The summed E-state index contributed by atoms with van der Waals surface area (Å²) in [5.74, 6) is 1.12. The average Bonchev–Trinajstić information content (AvgIpc) is 3.01. The maximum absolute atomic E-state index is 12.1. The fraction of sp³-hybridized carbons (Fsp3) is 0.118. The Morgan fingerprint density at radius 1 is 0.960 bits per heavy atom. The van der Waals surface area contributed by atoms with E-state index < -0.39 is 0 Å². The van der Waals surface area contributed by atoms with Crippen LogP contribution in [0.2, 0.25) is 5.02 Å². The Kier molecular flexibility index (Phi) is 4.85. The average molecular weight is 359 g/mol. The third-order valence-electron chi connectivity index (χ3n) is 3.54. The molecule has 0 radical (unpaired) electrons. The van der Waals surface area contributed by atoms with E-state index in [0.717, 1.165) is 0 Å². The van der Waals surface area contributed by atoms with E-state index in [0.29, 0.717) is 33.5 Å². The minimum atomic E-state index is -0.388. The fourth-order valence-electron chi connectivity index (χ4n) is 2.28. The van der Waals surface area contributed by atoms with Gasteiger partial charge in [-0.05, 0) is 30.3 Å². The van der Waals surface area contributed by atoms with E-state index in [4.69, 9.17) is 21.1 Å². The molecule has 128 valence electrons. The van der Waals surface area contributed by atoms with Crippen LogP contribution in [-0.2, 0) is 0 Å². The van der Waals surface area contributed by atoms with E-state index >= 15 is 0 Å². The van der Waals surface area contributed by atoms with Gasteiger partial charge in [0.2, 0.25) is 0 Å². The summed E-state index contributed by atoms with van der Waals surface area (Å²) in [6.45, 7) is 0. The second-order valence-electron chi connectivity index (χ2n) is 5.02. The monoisotopic (exact) mass is 358 g/mol. The number of hydrogen-bond donors (Lipinski definition) is 2. The van der Waals surface area contributed by atoms with Crippen molar-refractivity contribution in [1.29, 1.82) is 0 Å². The van der Waals surface area contributed by atoms with Gasteiger partial charge in [-0.2, -0.15) is 0 Å². The van der Waals surface area contributed by atoms with Crippen molar-refractivity contribution in [2.45, 2.75) is 0 Å². The molecule has 7 nitrogen and oxygen atoms in total. The quantitative estimate of drug-likeness (QED) is 0.659. The molecule has 0 spiro atoms. The number of methoxy groups -OCH3 is 2. The van der Waals surface area contributed by atoms with Crippen molar-refractivity contribution in [3.63, 3.8) is 0 Å². The first-order valence-corrected chi connectivity index (χ1v) is 7.71. The van der Waals surface area contributed by atoms with Crippen LogP contribution in [0.15, 0.2) is 57.5 Å². The summed E-state index contributed by atoms with van der Waals surface area (Å²) >= 11 is 6.06. The number of hydrogen-bond acceptors (Lipinski definition) is 5. The zero-order valence-electron chi connectivity index (χ0n) is 13.5. The normalized spacial score (nSPS) is 11.0. The number of halogens is 1. The number of aromatic amines is 2. The van der Waals surface area contributed by atoms with Gasteiger partial charge in [0.25, 0.3) is 5.56 Å². The summed E-state index contributed by atoms with van der Waals surface area (Å²) in [7, 11) is 3.10. The van der Waals surface area contributed by atoms with Crippen LogP contribution in [0.3, 0.4) is 0 Å². The van der Waals surface area contributed by atoms with Gasteiger partial charge >= 0.3 is 0 Å². The molecule has 1 heterocycles. The van der Waals surface area contributed by atoms with E-state index in [1.807, 2.05) is 0 Å². The molecule has 0 saturated carbocycles. The first-order chi connectivity index (χ1) is 12.1. The summed E-state index contributed by atoms with van der Waals surface area (Å²) in [6, 6.07) is 12.3. The summed E-state index contributed by atoms with van der Waals surface area (Å²) in [5.41, 5.74) is 1.42. The lowest BCUT2D eigenvalue weighted by Gasteiger charge is -2.08. The lowest BCUT2D eigenvalue weighted by molar-refractivity contribution is 0.355. The molecule has 0 fully saturated rings. The number of aromatic nitrogens is 2. The van der Waals surface area contributed by atoms with Crippen LogP contribution in [0.4, 0.5) is 11.4 Å². The topological polar surface area (TPSA) is 91.8 Å². The SMILES string of the molecule is COc1ccc(-c2[nH][nH]c(=O)c2N=Nc2ccccc2Cl)cc1OC. The van der Waals surface area contributed by atoms with E-state index in [9.17, 15) is 4.79 Å². The maximum atomic E-state index is 12.1. The molecule has 25 heavy (non-hydrogen) atoms. The van der Waals surface area contributed by atoms with Gasteiger partial charge in [0.1, 0.15) is 5.69 Å². The molecule has 0 bridgehead atoms. The van der Waals surface area contributed by atoms with Crippen LogP contribution < -0.4 is 15.0 Å². The zero-order valence-corrected chi connectivity index (χ0v) is 14.3. The largest absolute Gasteiger partial charge is 0.493 e. The molecule has 3 aromatic rings. The van der Waals surface area contributed by atoms with Gasteiger partial charge in [0, 0.05) is 5.56 Å². The fourth-order valence-corrected chi connectivity index (χ4v) is 2.46. The number of rotatable bonds is 5. The predicted molar refractivity (Wildman–Crippen MR) is 95.6 cm³/mol. The van der Waals surface area contributed by atoms with E-state index in [-0.39, 0.29) is 11.2 Å². The Balaban J connectivity index is 2.03. The van der Waals surface area contributed by atoms with Crippen molar-refractivity contribution >= 4 is 23.0 Å². The molecule has 0 unspecified atom stereocenters. The molecule has 0 aliphatic rings. The van der Waals surface area contributed by atoms with Crippen LogP contribution in [0, 0.1) is 0 Å². The second kappa shape index (κ2) is 7.23. The van der Waals surface area contributed by atoms with Gasteiger partial charge < -0.3 is 9.47 Å². The Morgan fingerprint density at radius 3 is 2.44 bits per heavy atom. The molecule has 2 N–H and O–H groups in total. The van der Waals surface area contributed by atoms with Gasteiger partial charge in [-0.1, -0.05) is 23.7 Å². The Bertz CT molecular complexity index is 978. The number of nitrogens with one attached hydrogen (secondary N) is 2. The smallest absolute Gasteiger partial charge is 0.292 e. The Hall–Kier alpha value is -3.06. The summed E-state index contributed by atoms with van der Waals surface area (Å²) < 4.78 is 10.5. The van der Waals surface area contributed by atoms with Crippen LogP contribution >= 0.6 is 11.6 Å². The second-order valence-corrected chi connectivity index (χ2v) is 5.43. The highest BCUT2D eigenvalue weighted by Gasteiger charge is 2.14. The highest BCUT2D eigenvalue weighted by Crippen LogP contribution is 2.34. The van der Waals surface area contributed by atoms with Crippen molar-refractivity contribution in [1.82, 2.24) is 10.2 Å². The maximum Gasteiger partial charge on any atom is 0.292 e. The molecule has 0 aliphatic carbocycles. The van der Waals surface area contributed by atoms with Gasteiger partial charge in [0.15, 0.2) is 17.2 Å². The minimum absolute atomic E-state index is 0.145. The molecule has 0 saturated heterocycles. The number of nitrogens with zero attached hydrogens (tertiary/aromatic N) is 2. The molecule has 3 rings (SSSR count). The molecule has 2 aromatic carbocycles. The Morgan fingerprint density at radius 2 is 1.72 bits per heavy atom. The summed E-state index contributed by atoms with van der Waals surface area (Å²) in [5, 5.41) is 13.9. The van der Waals surface area contributed by atoms with Crippen LogP contribution in [-0.4, -0.2) is 24.4 Å². The number of azo groups is 1. The van der Waals surface area contributed by atoms with Crippen molar-refractivity contribution < 1.29 is 9.47 Å². The Labute approximate surface area is 148 Å². The molecule has 0 amide bonds.